The lowest BCUT2D eigenvalue weighted by Gasteiger charge is -2.25. The lowest BCUT2D eigenvalue weighted by atomic mass is 9.89. The third kappa shape index (κ3) is 2.80. The second kappa shape index (κ2) is 7.07. The number of aliphatic imine (C=N–C) groups is 1. The number of hydrogen-bond donors (Lipinski definition) is 4. The average Bonchev–Trinajstić information content (AvgIpc) is 3.39. The summed E-state index contributed by atoms with van der Waals surface area (Å²) >= 11 is 0. The van der Waals surface area contributed by atoms with E-state index < -0.39 is 17.4 Å². The summed E-state index contributed by atoms with van der Waals surface area (Å²) in [5.74, 6) is -0.932. The molecular weight excluding hydrogens is 380 g/mol. The van der Waals surface area contributed by atoms with Crippen LogP contribution in [0.15, 0.2) is 47.5 Å². The molecule has 30 heavy (non-hydrogen) atoms. The number of aromatic amines is 1. The maximum atomic E-state index is 13.3. The SMILES string of the molecule is NC(=O)C1(c2nc3ccccc3[nH]2)NCN=C1C(=O)Nc1cccc2c1CCCC2. The fourth-order valence-electron chi connectivity index (χ4n) is 4.41. The molecule has 2 aromatic carbocycles. The van der Waals surface area contributed by atoms with E-state index in [4.69, 9.17) is 5.73 Å². The third-order valence-corrected chi connectivity index (χ3v) is 5.91. The molecule has 0 bridgehead atoms. The van der Waals surface area contributed by atoms with E-state index in [1.54, 1.807) is 0 Å². The van der Waals surface area contributed by atoms with E-state index in [1.807, 2.05) is 36.4 Å². The maximum absolute atomic E-state index is 13.3. The van der Waals surface area contributed by atoms with Crippen molar-refractivity contribution < 1.29 is 9.59 Å². The molecule has 8 heteroatoms. The van der Waals surface area contributed by atoms with Crippen molar-refractivity contribution in [3.05, 3.63) is 59.4 Å². The fraction of sp³-hybridized carbons (Fsp3) is 0.273. The van der Waals surface area contributed by atoms with Crippen LogP contribution >= 0.6 is 0 Å². The number of nitrogens with two attached hydrogens (primary N) is 1. The number of amides is 2. The van der Waals surface area contributed by atoms with Gasteiger partial charge in [0.25, 0.3) is 11.8 Å². The Morgan fingerprint density at radius 3 is 2.73 bits per heavy atom. The second-order valence-corrected chi connectivity index (χ2v) is 7.66. The van der Waals surface area contributed by atoms with Crippen LogP contribution in [-0.4, -0.2) is 34.2 Å². The molecule has 0 spiro atoms. The van der Waals surface area contributed by atoms with E-state index in [0.717, 1.165) is 42.5 Å². The monoisotopic (exact) mass is 402 g/mol. The summed E-state index contributed by atoms with van der Waals surface area (Å²) < 4.78 is 0. The van der Waals surface area contributed by atoms with Gasteiger partial charge in [-0.2, -0.15) is 0 Å². The molecule has 152 valence electrons. The van der Waals surface area contributed by atoms with Crippen molar-refractivity contribution in [1.29, 1.82) is 0 Å². The largest absolute Gasteiger partial charge is 0.367 e. The van der Waals surface area contributed by atoms with Gasteiger partial charge in [0.1, 0.15) is 11.5 Å². The molecule has 8 nitrogen and oxygen atoms in total. The summed E-state index contributed by atoms with van der Waals surface area (Å²) in [6.07, 6.45) is 4.16. The van der Waals surface area contributed by atoms with Gasteiger partial charge in [0.2, 0.25) is 5.54 Å². The summed E-state index contributed by atoms with van der Waals surface area (Å²) in [6, 6.07) is 13.3. The molecule has 2 heterocycles. The van der Waals surface area contributed by atoms with Gasteiger partial charge in [-0.05, 0) is 55.0 Å². The molecule has 1 aromatic heterocycles. The number of hydrogen-bond acceptors (Lipinski definition) is 5. The Morgan fingerprint density at radius 2 is 1.90 bits per heavy atom. The summed E-state index contributed by atoms with van der Waals surface area (Å²) in [5.41, 5.74) is 8.79. The first-order chi connectivity index (χ1) is 14.6. The molecule has 1 atom stereocenters. The standard InChI is InChI=1S/C22H22N6O2/c23-20(30)22(21-27-16-9-3-4-10-17(16)28-21)18(24-12-25-22)19(29)26-15-11-5-7-13-6-1-2-8-14(13)15/h3-5,7,9-11,25H,1-2,6,8,12H2,(H2,23,30)(H,26,29)(H,27,28). The molecule has 1 unspecified atom stereocenters. The van der Waals surface area contributed by atoms with Crippen molar-refractivity contribution in [3.8, 4) is 0 Å². The van der Waals surface area contributed by atoms with E-state index in [0.29, 0.717) is 5.52 Å². The molecule has 2 aliphatic rings. The number of para-hydroxylation sites is 2. The molecule has 1 aliphatic heterocycles. The molecule has 5 N–H and O–H groups in total. The molecule has 0 saturated carbocycles. The van der Waals surface area contributed by atoms with Gasteiger partial charge in [-0.3, -0.25) is 19.9 Å². The van der Waals surface area contributed by atoms with Gasteiger partial charge in [0, 0.05) is 5.69 Å². The number of nitrogens with one attached hydrogen (secondary N) is 3. The number of imidazole rings is 1. The van der Waals surface area contributed by atoms with Gasteiger partial charge in [0.15, 0.2) is 0 Å². The number of rotatable bonds is 4. The first kappa shape index (κ1) is 18.5. The number of benzene rings is 2. The topological polar surface area (TPSA) is 125 Å². The number of anilines is 1. The number of carbonyl (C=O) groups is 2. The van der Waals surface area contributed by atoms with Gasteiger partial charge >= 0.3 is 0 Å². The second-order valence-electron chi connectivity index (χ2n) is 7.66. The third-order valence-electron chi connectivity index (χ3n) is 5.91. The van der Waals surface area contributed by atoms with E-state index in [2.05, 4.69) is 31.7 Å². The van der Waals surface area contributed by atoms with E-state index in [-0.39, 0.29) is 18.2 Å². The van der Waals surface area contributed by atoms with Crippen molar-refractivity contribution in [2.75, 3.05) is 12.0 Å². The zero-order valence-electron chi connectivity index (χ0n) is 16.4. The molecule has 2 amide bonds. The highest BCUT2D eigenvalue weighted by Gasteiger charge is 2.52. The van der Waals surface area contributed by atoms with Crippen molar-refractivity contribution in [3.63, 3.8) is 0 Å². The minimum Gasteiger partial charge on any atom is -0.367 e. The van der Waals surface area contributed by atoms with Crippen LogP contribution in [0.5, 0.6) is 0 Å². The van der Waals surface area contributed by atoms with Gasteiger partial charge in [-0.15, -0.1) is 0 Å². The molecular formula is C22H22N6O2. The van der Waals surface area contributed by atoms with Crippen molar-refractivity contribution in [2.24, 2.45) is 10.7 Å². The van der Waals surface area contributed by atoms with Crippen LogP contribution in [0.3, 0.4) is 0 Å². The molecule has 3 aromatic rings. The molecule has 0 fully saturated rings. The average molecular weight is 402 g/mol. The van der Waals surface area contributed by atoms with Gasteiger partial charge in [-0.1, -0.05) is 24.3 Å². The maximum Gasteiger partial charge on any atom is 0.272 e. The number of fused-ring (bicyclic) bond motifs is 2. The van der Waals surface area contributed by atoms with Crippen LogP contribution < -0.4 is 16.4 Å². The minimum absolute atomic E-state index is 0.0162. The summed E-state index contributed by atoms with van der Waals surface area (Å²) in [6.45, 7) is 0.0929. The van der Waals surface area contributed by atoms with Crippen molar-refractivity contribution >= 4 is 34.2 Å². The fourth-order valence-corrected chi connectivity index (χ4v) is 4.41. The highest BCUT2D eigenvalue weighted by Crippen LogP contribution is 2.30. The van der Waals surface area contributed by atoms with Crippen LogP contribution in [-0.2, 0) is 28.0 Å². The minimum atomic E-state index is -1.61. The van der Waals surface area contributed by atoms with Gasteiger partial charge < -0.3 is 16.0 Å². The highest BCUT2D eigenvalue weighted by molar-refractivity contribution is 6.50. The zero-order chi connectivity index (χ0) is 20.7. The molecule has 1 aliphatic carbocycles. The Hall–Kier alpha value is -3.52. The number of nitrogens with zero attached hydrogens (tertiary/aromatic N) is 2. The van der Waals surface area contributed by atoms with Crippen molar-refractivity contribution in [1.82, 2.24) is 15.3 Å². The smallest absolute Gasteiger partial charge is 0.272 e. The summed E-state index contributed by atoms with van der Waals surface area (Å²) in [4.78, 5) is 37.9. The number of primary amides is 1. The van der Waals surface area contributed by atoms with E-state index >= 15 is 0 Å². The summed E-state index contributed by atoms with van der Waals surface area (Å²) in [5, 5.41) is 5.96. The lowest BCUT2D eigenvalue weighted by Crippen LogP contribution is -2.58. The Morgan fingerprint density at radius 1 is 1.07 bits per heavy atom. The van der Waals surface area contributed by atoms with E-state index in [1.165, 1.54) is 5.56 Å². The van der Waals surface area contributed by atoms with E-state index in [9.17, 15) is 9.59 Å². The van der Waals surface area contributed by atoms with Crippen molar-refractivity contribution in [2.45, 2.75) is 31.2 Å². The summed E-state index contributed by atoms with van der Waals surface area (Å²) in [7, 11) is 0. The molecule has 5 rings (SSSR count). The quantitative estimate of drug-likeness (QED) is 0.531. The Balaban J connectivity index is 1.53. The predicted octanol–water partition coefficient (Wildman–Crippen LogP) is 1.76. The van der Waals surface area contributed by atoms with Crippen LogP contribution in [0.1, 0.15) is 29.8 Å². The number of H-pyrrole nitrogens is 1. The van der Waals surface area contributed by atoms with Gasteiger partial charge in [0.05, 0.1) is 17.7 Å². The van der Waals surface area contributed by atoms with Crippen LogP contribution in [0, 0.1) is 0 Å². The Bertz CT molecular complexity index is 1160. The van der Waals surface area contributed by atoms with Crippen LogP contribution in [0.25, 0.3) is 11.0 Å². The normalized spacial score (nSPS) is 20.6. The lowest BCUT2D eigenvalue weighted by molar-refractivity contribution is -0.123. The van der Waals surface area contributed by atoms with Gasteiger partial charge in [-0.25, -0.2) is 4.98 Å². The first-order valence-corrected chi connectivity index (χ1v) is 10.1. The first-order valence-electron chi connectivity index (χ1n) is 10.1. The van der Waals surface area contributed by atoms with Crippen LogP contribution in [0.2, 0.25) is 0 Å². The zero-order valence-corrected chi connectivity index (χ0v) is 16.4. The van der Waals surface area contributed by atoms with Crippen LogP contribution in [0.4, 0.5) is 5.69 Å². The number of carbonyl (C=O) groups excluding carboxylic acids is 2. The Kier molecular flexibility index (Phi) is 4.36. The predicted molar refractivity (Wildman–Crippen MR) is 114 cm³/mol. The molecule has 0 saturated heterocycles. The Labute approximate surface area is 173 Å². The number of aryl methyl sites for hydroxylation is 1. The highest BCUT2D eigenvalue weighted by atomic mass is 16.2. The number of aromatic nitrogens is 2. The molecule has 0 radical (unpaired) electrons.